The number of carbonyl (C=O) groups is 1. The van der Waals surface area contributed by atoms with Gasteiger partial charge in [0, 0.05) is 11.5 Å². The van der Waals surface area contributed by atoms with E-state index < -0.39 is 10.8 Å². The van der Waals surface area contributed by atoms with Gasteiger partial charge in [-0.05, 0) is 23.0 Å². The normalized spacial score (nSPS) is 35.1. The van der Waals surface area contributed by atoms with Gasteiger partial charge in [0.2, 0.25) is 0 Å². The van der Waals surface area contributed by atoms with Crippen LogP contribution < -0.4 is 0 Å². The molecule has 1 unspecified atom stereocenters. The molecule has 0 heterocycles. The molecule has 0 aromatic carbocycles. The van der Waals surface area contributed by atoms with Crippen LogP contribution in [0.4, 0.5) is 0 Å². The summed E-state index contributed by atoms with van der Waals surface area (Å²) in [5.41, 5.74) is 0.557. The molecule has 3 nitrogen and oxygen atoms in total. The minimum atomic E-state index is -1.07. The molecule has 0 aliphatic heterocycles. The molecule has 0 aromatic heterocycles. The maximum absolute atomic E-state index is 11.1. The number of hydrogen-bond acceptors (Lipinski definition) is 2. The first kappa shape index (κ1) is 15.2. The van der Waals surface area contributed by atoms with Crippen molar-refractivity contribution in [2.24, 2.45) is 17.3 Å². The third-order valence-corrected chi connectivity index (χ3v) is 4.79. The van der Waals surface area contributed by atoms with Gasteiger partial charge in [0.15, 0.2) is 4.87 Å². The van der Waals surface area contributed by atoms with Crippen molar-refractivity contribution in [1.29, 1.82) is 5.26 Å². The molecule has 20 heavy (non-hydrogen) atoms. The van der Waals surface area contributed by atoms with Gasteiger partial charge < -0.3 is 5.11 Å². The highest BCUT2D eigenvalue weighted by molar-refractivity contribution is 6.33. The summed E-state index contributed by atoms with van der Waals surface area (Å²) in [6.45, 7) is 3.87. The van der Waals surface area contributed by atoms with Crippen molar-refractivity contribution in [3.8, 4) is 6.07 Å². The monoisotopic (exact) mass is 311 g/mol. The Morgan fingerprint density at radius 3 is 2.70 bits per heavy atom. The Balaban J connectivity index is 2.12. The highest BCUT2D eigenvalue weighted by Crippen LogP contribution is 2.59. The van der Waals surface area contributed by atoms with Gasteiger partial charge in [-0.15, -0.1) is 0 Å². The summed E-state index contributed by atoms with van der Waals surface area (Å²) in [5.74, 6) is -1.12. The number of aliphatic carboxylic acids is 1. The molecule has 1 saturated carbocycles. The number of allylic oxidation sites excluding steroid dienone is 6. The quantitative estimate of drug-likeness (QED) is 0.805. The molecule has 0 saturated heterocycles. The molecule has 3 atom stereocenters. The van der Waals surface area contributed by atoms with Crippen molar-refractivity contribution < 1.29 is 9.90 Å². The van der Waals surface area contributed by atoms with Crippen LogP contribution in [0.15, 0.2) is 34.9 Å². The lowest BCUT2D eigenvalue weighted by molar-refractivity contribution is -0.139. The van der Waals surface area contributed by atoms with E-state index >= 15 is 0 Å². The molecule has 0 bridgehead atoms. The lowest BCUT2D eigenvalue weighted by atomic mass is 9.96. The van der Waals surface area contributed by atoms with Gasteiger partial charge in [-0.25, -0.2) is 0 Å². The second-order valence-corrected chi connectivity index (χ2v) is 7.00. The van der Waals surface area contributed by atoms with E-state index in [2.05, 4.69) is 0 Å². The summed E-state index contributed by atoms with van der Waals surface area (Å²) in [7, 11) is 0. The minimum Gasteiger partial charge on any atom is -0.481 e. The van der Waals surface area contributed by atoms with Gasteiger partial charge in [0.05, 0.1) is 12.0 Å². The average Bonchev–Trinajstić information content (AvgIpc) is 2.90. The molecule has 0 amide bonds. The number of nitriles is 1. The van der Waals surface area contributed by atoms with Crippen molar-refractivity contribution in [3.63, 3.8) is 0 Å². The van der Waals surface area contributed by atoms with Crippen molar-refractivity contribution in [1.82, 2.24) is 0 Å². The topological polar surface area (TPSA) is 61.1 Å². The SMILES string of the molecule is CC1(C)[C@@H](C=CC2=C(Cl)CC(Cl)(C#N)C=C2)[C@@H]1C(=O)O. The van der Waals surface area contributed by atoms with Gasteiger partial charge in [-0.2, -0.15) is 5.26 Å². The predicted octanol–water partition coefficient (Wildman–Crippen LogP) is 3.85. The first-order valence-electron chi connectivity index (χ1n) is 6.30. The molecule has 0 spiro atoms. The predicted molar refractivity (Wildman–Crippen MR) is 78.4 cm³/mol. The first-order chi connectivity index (χ1) is 9.21. The maximum Gasteiger partial charge on any atom is 0.307 e. The summed E-state index contributed by atoms with van der Waals surface area (Å²) >= 11 is 12.2. The van der Waals surface area contributed by atoms with E-state index in [4.69, 9.17) is 33.6 Å². The lowest BCUT2D eigenvalue weighted by Crippen LogP contribution is -2.18. The molecule has 1 N–H and O–H groups in total. The van der Waals surface area contributed by atoms with Crippen LogP contribution in [0, 0.1) is 28.6 Å². The van der Waals surface area contributed by atoms with Crippen molar-refractivity contribution >= 4 is 29.2 Å². The van der Waals surface area contributed by atoms with Gasteiger partial charge >= 0.3 is 5.97 Å². The fraction of sp³-hybridized carbons (Fsp3) is 0.467. The van der Waals surface area contributed by atoms with Crippen molar-refractivity contribution in [2.75, 3.05) is 0 Å². The van der Waals surface area contributed by atoms with Crippen molar-refractivity contribution in [3.05, 3.63) is 34.9 Å². The zero-order valence-corrected chi connectivity index (χ0v) is 12.7. The maximum atomic E-state index is 11.1. The summed E-state index contributed by atoms with van der Waals surface area (Å²) in [4.78, 5) is 10.0. The van der Waals surface area contributed by atoms with Crippen LogP contribution >= 0.6 is 23.2 Å². The fourth-order valence-electron chi connectivity index (χ4n) is 2.64. The third-order valence-electron chi connectivity index (χ3n) is 4.10. The molecule has 0 aromatic rings. The Labute approximate surface area is 128 Å². The molecule has 2 aliphatic rings. The Bertz CT molecular complexity index is 583. The standard InChI is InChI=1S/C15H15Cl2NO2/c1-14(2)10(12(14)13(19)20)4-3-9-5-6-15(17,8-18)7-11(9)16/h3-6,10,12H,7H2,1-2H3,(H,19,20)/t10-,12+,15?/m0/s1. The van der Waals surface area contributed by atoms with Crippen LogP contribution in [0.3, 0.4) is 0 Å². The number of carboxylic acid groups (broad SMARTS) is 1. The second kappa shape index (κ2) is 4.95. The van der Waals surface area contributed by atoms with E-state index in [1.165, 1.54) is 0 Å². The Kier molecular flexibility index (Phi) is 3.75. The van der Waals surface area contributed by atoms with Crippen LogP contribution in [0.2, 0.25) is 0 Å². The summed E-state index contributed by atoms with van der Waals surface area (Å²) in [6.07, 6.45) is 7.30. The van der Waals surface area contributed by atoms with Crippen LogP contribution in [-0.2, 0) is 4.79 Å². The Morgan fingerprint density at radius 1 is 1.60 bits per heavy atom. The van der Waals surface area contributed by atoms with E-state index in [1.807, 2.05) is 32.1 Å². The fourth-order valence-corrected chi connectivity index (χ4v) is 3.24. The van der Waals surface area contributed by atoms with Gasteiger partial charge in [-0.3, -0.25) is 4.79 Å². The number of halogens is 2. The number of carboxylic acids is 1. The average molecular weight is 312 g/mol. The van der Waals surface area contributed by atoms with Crippen LogP contribution in [0.25, 0.3) is 0 Å². The van der Waals surface area contributed by atoms with Crippen LogP contribution in [-0.4, -0.2) is 16.0 Å². The molecular weight excluding hydrogens is 297 g/mol. The highest BCUT2D eigenvalue weighted by atomic mass is 35.5. The Hall–Kier alpha value is -1.24. The number of nitrogens with zero attached hydrogens (tertiary/aromatic N) is 1. The van der Waals surface area contributed by atoms with Gasteiger partial charge in [0.1, 0.15) is 0 Å². The molecular formula is C15H15Cl2NO2. The number of alkyl halides is 1. The van der Waals surface area contributed by atoms with Crippen LogP contribution in [0.5, 0.6) is 0 Å². The first-order valence-corrected chi connectivity index (χ1v) is 7.06. The molecule has 0 radical (unpaired) electrons. The second-order valence-electron chi connectivity index (χ2n) is 5.87. The third kappa shape index (κ3) is 2.63. The molecule has 1 fully saturated rings. The lowest BCUT2D eigenvalue weighted by Gasteiger charge is -2.19. The molecule has 2 aliphatic carbocycles. The highest BCUT2D eigenvalue weighted by Gasteiger charge is 2.60. The van der Waals surface area contributed by atoms with E-state index in [9.17, 15) is 4.79 Å². The van der Waals surface area contributed by atoms with E-state index in [-0.39, 0.29) is 23.7 Å². The Morgan fingerprint density at radius 2 is 2.25 bits per heavy atom. The smallest absolute Gasteiger partial charge is 0.307 e. The van der Waals surface area contributed by atoms with Gasteiger partial charge in [-0.1, -0.05) is 55.3 Å². The largest absolute Gasteiger partial charge is 0.481 e. The molecule has 106 valence electrons. The zero-order chi connectivity index (χ0) is 15.1. The number of hydrogen-bond donors (Lipinski definition) is 1. The summed E-state index contributed by atoms with van der Waals surface area (Å²) in [5, 5.41) is 18.6. The van der Waals surface area contributed by atoms with Crippen LogP contribution in [0.1, 0.15) is 20.3 Å². The minimum absolute atomic E-state index is 0.00372. The van der Waals surface area contributed by atoms with Crippen molar-refractivity contribution in [2.45, 2.75) is 25.1 Å². The van der Waals surface area contributed by atoms with E-state index in [1.54, 1.807) is 12.2 Å². The molecule has 5 heteroatoms. The van der Waals surface area contributed by atoms with Gasteiger partial charge in [0.25, 0.3) is 0 Å². The van der Waals surface area contributed by atoms with E-state index in [0.717, 1.165) is 5.57 Å². The molecule has 2 rings (SSSR count). The number of rotatable bonds is 3. The summed E-state index contributed by atoms with van der Waals surface area (Å²) < 4.78 is 0. The van der Waals surface area contributed by atoms with E-state index in [0.29, 0.717) is 5.03 Å². The zero-order valence-electron chi connectivity index (χ0n) is 11.2. The summed E-state index contributed by atoms with van der Waals surface area (Å²) in [6, 6.07) is 2.00.